The minimum Gasteiger partial charge on any atom is -0.471 e. The zero-order valence-electron chi connectivity index (χ0n) is 21.5. The molecule has 2 aromatic heterocycles. The maximum absolute atomic E-state index is 13.1. The van der Waals surface area contributed by atoms with Crippen LogP contribution in [-0.2, 0) is 21.4 Å². The van der Waals surface area contributed by atoms with Crippen molar-refractivity contribution < 1.29 is 22.7 Å². The van der Waals surface area contributed by atoms with E-state index in [0.717, 1.165) is 4.31 Å². The molecule has 0 N–H and O–H groups in total. The van der Waals surface area contributed by atoms with Gasteiger partial charge in [-0.1, -0.05) is 48.3 Å². The van der Waals surface area contributed by atoms with E-state index < -0.39 is 16.0 Å². The number of carbonyl (C=O) groups excluding carboxylic acids is 1. The summed E-state index contributed by atoms with van der Waals surface area (Å²) in [6.07, 6.45) is 1.39. The Labute approximate surface area is 236 Å². The van der Waals surface area contributed by atoms with Crippen molar-refractivity contribution in [2.45, 2.75) is 31.3 Å². The highest BCUT2D eigenvalue weighted by atomic mass is 35.5. The second-order valence-corrected chi connectivity index (χ2v) is 11.5. The van der Waals surface area contributed by atoms with Gasteiger partial charge in [-0.3, -0.25) is 4.31 Å². The summed E-state index contributed by atoms with van der Waals surface area (Å²) in [5.74, 6) is -0.240. The molecule has 13 heteroatoms. The van der Waals surface area contributed by atoms with Crippen LogP contribution in [0.5, 0.6) is 5.88 Å². The summed E-state index contributed by atoms with van der Waals surface area (Å²) in [6.45, 7) is 4.03. The van der Waals surface area contributed by atoms with Gasteiger partial charge in [0.2, 0.25) is 5.88 Å². The molecular weight excluding hydrogens is 565 g/mol. The molecule has 0 saturated carbocycles. The van der Waals surface area contributed by atoms with E-state index in [1.54, 1.807) is 35.0 Å². The number of sulfonamides is 1. The summed E-state index contributed by atoms with van der Waals surface area (Å²) in [6, 6.07) is 13.8. The van der Waals surface area contributed by atoms with Gasteiger partial charge in [-0.15, -0.1) is 5.10 Å². The van der Waals surface area contributed by atoms with Gasteiger partial charge in [0.25, 0.3) is 10.0 Å². The normalized spacial score (nSPS) is 11.5. The maximum Gasteiger partial charge on any atom is 0.337 e. The number of hydrogen-bond acceptors (Lipinski definition) is 8. The Morgan fingerprint density at radius 2 is 1.72 bits per heavy atom. The van der Waals surface area contributed by atoms with Crippen LogP contribution in [0.3, 0.4) is 0 Å². The largest absolute Gasteiger partial charge is 0.471 e. The fourth-order valence-electron chi connectivity index (χ4n) is 3.73. The van der Waals surface area contributed by atoms with Crippen molar-refractivity contribution in [3.8, 4) is 11.6 Å². The van der Waals surface area contributed by atoms with Crippen LogP contribution < -0.4 is 9.04 Å². The molecule has 2 aromatic carbocycles. The molecule has 0 bridgehead atoms. The van der Waals surface area contributed by atoms with E-state index in [2.05, 4.69) is 20.0 Å². The van der Waals surface area contributed by atoms with E-state index in [0.29, 0.717) is 32.8 Å². The van der Waals surface area contributed by atoms with Gasteiger partial charge in [0, 0.05) is 13.1 Å². The summed E-state index contributed by atoms with van der Waals surface area (Å²) >= 11 is 12.8. The van der Waals surface area contributed by atoms with Crippen LogP contribution in [-0.4, -0.2) is 48.5 Å². The van der Waals surface area contributed by atoms with Crippen molar-refractivity contribution in [3.05, 3.63) is 87.8 Å². The lowest BCUT2D eigenvalue weighted by Crippen LogP contribution is -2.26. The molecule has 0 saturated heterocycles. The number of para-hydroxylation sites is 1. The number of pyridine rings is 1. The summed E-state index contributed by atoms with van der Waals surface area (Å²) < 4.78 is 39.4. The number of ether oxygens (including phenoxy) is 2. The molecule has 0 fully saturated rings. The lowest BCUT2D eigenvalue weighted by molar-refractivity contribution is 0.0600. The van der Waals surface area contributed by atoms with Crippen LogP contribution in [0.4, 0.5) is 5.69 Å². The van der Waals surface area contributed by atoms with Gasteiger partial charge in [-0.25, -0.2) is 22.9 Å². The van der Waals surface area contributed by atoms with E-state index in [1.807, 2.05) is 13.8 Å². The molecule has 0 atom stereocenters. The van der Waals surface area contributed by atoms with Crippen molar-refractivity contribution in [2.75, 3.05) is 18.5 Å². The lowest BCUT2D eigenvalue weighted by Gasteiger charge is -2.19. The molecule has 0 radical (unpaired) electrons. The van der Waals surface area contributed by atoms with Gasteiger partial charge < -0.3 is 9.47 Å². The van der Waals surface area contributed by atoms with Gasteiger partial charge in [0.05, 0.1) is 45.2 Å². The third kappa shape index (κ3) is 5.85. The first-order valence-electron chi connectivity index (χ1n) is 11.7. The molecule has 39 heavy (non-hydrogen) atoms. The Kier molecular flexibility index (Phi) is 8.43. The molecule has 0 aliphatic carbocycles. The number of nitrogens with zero attached hydrogens (tertiary/aromatic N) is 5. The lowest BCUT2D eigenvalue weighted by atomic mass is 10.1. The van der Waals surface area contributed by atoms with Crippen LogP contribution in [0, 0.1) is 0 Å². The third-order valence-corrected chi connectivity index (χ3v) is 8.27. The fraction of sp³-hybridized carbons (Fsp3) is 0.231. The second-order valence-electron chi connectivity index (χ2n) is 8.69. The minimum atomic E-state index is -3.91. The number of methoxy groups -OCH3 is 1. The van der Waals surface area contributed by atoms with E-state index in [4.69, 9.17) is 27.9 Å². The third-order valence-electron chi connectivity index (χ3n) is 5.86. The van der Waals surface area contributed by atoms with Gasteiger partial charge in [0.15, 0.2) is 0 Å². The molecule has 0 spiro atoms. The molecule has 0 unspecified atom stereocenters. The Bertz CT molecular complexity index is 1570. The number of esters is 1. The zero-order valence-corrected chi connectivity index (χ0v) is 23.8. The summed E-state index contributed by atoms with van der Waals surface area (Å²) in [5, 5.41) is 9.37. The van der Waals surface area contributed by atoms with Crippen molar-refractivity contribution in [2.24, 2.45) is 0 Å². The van der Waals surface area contributed by atoms with E-state index in [-0.39, 0.29) is 28.9 Å². The van der Waals surface area contributed by atoms with Crippen molar-refractivity contribution >= 4 is 44.9 Å². The number of rotatable bonds is 9. The number of hydrogen-bond donors (Lipinski definition) is 0. The molecule has 0 amide bonds. The monoisotopic (exact) mass is 589 g/mol. The Balaban J connectivity index is 1.53. The number of aromatic nitrogens is 4. The van der Waals surface area contributed by atoms with Gasteiger partial charge in [0.1, 0.15) is 18.0 Å². The number of halogens is 2. The first-order valence-corrected chi connectivity index (χ1v) is 13.9. The van der Waals surface area contributed by atoms with Crippen LogP contribution in [0.2, 0.25) is 10.0 Å². The van der Waals surface area contributed by atoms with Crippen molar-refractivity contribution in [1.29, 1.82) is 0 Å². The van der Waals surface area contributed by atoms with E-state index in [9.17, 15) is 13.2 Å². The highest BCUT2D eigenvalue weighted by molar-refractivity contribution is 7.92. The molecule has 4 aromatic rings. The smallest absolute Gasteiger partial charge is 0.337 e. The van der Waals surface area contributed by atoms with Crippen LogP contribution in [0.15, 0.2) is 65.7 Å². The van der Waals surface area contributed by atoms with Gasteiger partial charge >= 0.3 is 5.97 Å². The van der Waals surface area contributed by atoms with Crippen LogP contribution in [0.1, 0.15) is 41.5 Å². The molecule has 204 valence electrons. The molecular formula is C26H25Cl2N5O5S. The van der Waals surface area contributed by atoms with E-state index >= 15 is 0 Å². The summed E-state index contributed by atoms with van der Waals surface area (Å²) in [7, 11) is -1.24. The quantitative estimate of drug-likeness (QED) is 0.242. The first kappa shape index (κ1) is 28.3. The standard InChI is InChI=1S/C26H25Cl2N5O5S/c1-16(2)24-22(33(31-30-24)25-20(27)6-5-7-21(25)28)15-38-23-13-10-18(14-29-23)32(3)39(35,36)19-11-8-17(9-12-19)26(34)37-4/h5-14,16H,15H2,1-4H3. The molecule has 0 aliphatic heterocycles. The van der Waals surface area contributed by atoms with E-state index in [1.165, 1.54) is 44.6 Å². The van der Waals surface area contributed by atoms with Crippen molar-refractivity contribution in [1.82, 2.24) is 20.0 Å². The van der Waals surface area contributed by atoms with Gasteiger partial charge in [-0.2, -0.15) is 0 Å². The van der Waals surface area contributed by atoms with Crippen LogP contribution >= 0.6 is 23.2 Å². The molecule has 0 aliphatic rings. The van der Waals surface area contributed by atoms with Gasteiger partial charge in [-0.05, 0) is 48.4 Å². The molecule has 4 rings (SSSR count). The summed E-state index contributed by atoms with van der Waals surface area (Å²) in [5.41, 5.74) is 2.43. The Morgan fingerprint density at radius 1 is 1.05 bits per heavy atom. The number of anilines is 1. The Morgan fingerprint density at radius 3 is 2.28 bits per heavy atom. The highest BCUT2D eigenvalue weighted by Gasteiger charge is 2.23. The SMILES string of the molecule is COC(=O)c1ccc(S(=O)(=O)N(C)c2ccc(OCc3c(C(C)C)nnn3-c3c(Cl)cccc3Cl)nc2)cc1. The predicted molar refractivity (Wildman–Crippen MR) is 147 cm³/mol. The topological polar surface area (TPSA) is 117 Å². The fourth-order valence-corrected chi connectivity index (χ4v) is 5.47. The van der Waals surface area contributed by atoms with Crippen molar-refractivity contribution in [3.63, 3.8) is 0 Å². The second kappa shape index (κ2) is 11.6. The summed E-state index contributed by atoms with van der Waals surface area (Å²) in [4.78, 5) is 15.9. The number of benzene rings is 2. The average molecular weight is 590 g/mol. The average Bonchev–Trinajstić information content (AvgIpc) is 3.35. The molecule has 10 nitrogen and oxygen atoms in total. The minimum absolute atomic E-state index is 0.0122. The maximum atomic E-state index is 13.1. The Hall–Kier alpha value is -3.67. The zero-order chi connectivity index (χ0) is 28.3. The number of carbonyl (C=O) groups is 1. The first-order chi connectivity index (χ1) is 18.5. The molecule has 2 heterocycles. The van der Waals surface area contributed by atoms with Crippen LogP contribution in [0.25, 0.3) is 5.69 Å². The highest BCUT2D eigenvalue weighted by Crippen LogP contribution is 2.31. The predicted octanol–water partition coefficient (Wildman–Crippen LogP) is 5.28.